The highest BCUT2D eigenvalue weighted by atomic mass is 32.2. The molecule has 0 rings (SSSR count). The minimum atomic E-state index is -0.124. The molecule has 0 saturated carbocycles. The Morgan fingerprint density at radius 1 is 1.07 bits per heavy atom. The number of hydrogen-bond donors (Lipinski definition) is 0. The second kappa shape index (κ2) is 11.6. The number of carbonyl (C=O) groups excluding carboxylic acids is 1. The fourth-order valence-electron chi connectivity index (χ4n) is 0.697. The number of esters is 1. The van der Waals surface area contributed by atoms with E-state index in [1.54, 1.807) is 11.8 Å². The molecule has 0 N–H and O–H groups in total. The minimum Gasteiger partial charge on any atom is -0.468 e. The smallest absolute Gasteiger partial charge is 0.315 e. The molecule has 0 spiro atoms. The number of hydrogen-bond acceptors (Lipinski definition) is 5. The Balaban J connectivity index is 2.95. The standard InChI is InChI=1S/C9H18O2S3/c1-3-12-4-5-13-6-7-14-8-9(10)11-2/h3-8H2,1-2H3. The molecular weight excluding hydrogens is 236 g/mol. The number of rotatable bonds is 9. The Hall–Kier alpha value is 0.520. The molecule has 0 aromatic heterocycles. The van der Waals surface area contributed by atoms with Crippen molar-refractivity contribution < 1.29 is 9.53 Å². The highest BCUT2D eigenvalue weighted by molar-refractivity contribution is 8.04. The summed E-state index contributed by atoms with van der Waals surface area (Å²) in [7, 11) is 1.43. The van der Waals surface area contributed by atoms with Crippen LogP contribution >= 0.6 is 35.3 Å². The Kier molecular flexibility index (Phi) is 12.0. The van der Waals surface area contributed by atoms with Crippen LogP contribution in [0.2, 0.25) is 0 Å². The third-order valence-electron chi connectivity index (χ3n) is 1.40. The van der Waals surface area contributed by atoms with Crippen molar-refractivity contribution in [2.75, 3.05) is 41.6 Å². The van der Waals surface area contributed by atoms with Crippen LogP contribution in [0.5, 0.6) is 0 Å². The van der Waals surface area contributed by atoms with Gasteiger partial charge < -0.3 is 4.74 Å². The average Bonchev–Trinajstić information content (AvgIpc) is 2.21. The fraction of sp³-hybridized carbons (Fsp3) is 0.889. The second-order valence-electron chi connectivity index (χ2n) is 2.44. The molecule has 2 nitrogen and oxygen atoms in total. The predicted molar refractivity (Wildman–Crippen MR) is 69.7 cm³/mol. The summed E-state index contributed by atoms with van der Waals surface area (Å²) in [5, 5.41) is 0. The summed E-state index contributed by atoms with van der Waals surface area (Å²) < 4.78 is 4.54. The molecule has 0 radical (unpaired) electrons. The van der Waals surface area contributed by atoms with Gasteiger partial charge in [-0.15, -0.1) is 11.8 Å². The molecule has 0 fully saturated rings. The average molecular weight is 254 g/mol. The molecule has 0 aromatic carbocycles. The number of carbonyl (C=O) groups is 1. The van der Waals surface area contributed by atoms with Gasteiger partial charge in [-0.05, 0) is 5.75 Å². The summed E-state index contributed by atoms with van der Waals surface area (Å²) in [5.41, 5.74) is 0. The van der Waals surface area contributed by atoms with Crippen LogP contribution in [0.25, 0.3) is 0 Å². The molecule has 0 heterocycles. The lowest BCUT2D eigenvalue weighted by Crippen LogP contribution is -2.04. The summed E-state index contributed by atoms with van der Waals surface area (Å²) in [6.45, 7) is 2.18. The first-order chi connectivity index (χ1) is 6.81. The summed E-state index contributed by atoms with van der Waals surface area (Å²) in [6.07, 6.45) is 0. The monoisotopic (exact) mass is 254 g/mol. The minimum absolute atomic E-state index is 0.124. The van der Waals surface area contributed by atoms with Gasteiger partial charge in [0.15, 0.2) is 0 Å². The SMILES string of the molecule is CCSCCSCCSCC(=O)OC. The summed E-state index contributed by atoms with van der Waals surface area (Å²) >= 11 is 5.58. The van der Waals surface area contributed by atoms with Gasteiger partial charge in [-0.1, -0.05) is 6.92 Å². The third-order valence-corrected chi connectivity index (χ3v) is 4.73. The Bertz CT molecular complexity index is 142. The predicted octanol–water partition coefficient (Wildman–Crippen LogP) is 2.38. The van der Waals surface area contributed by atoms with Crippen LogP contribution in [0.1, 0.15) is 6.92 Å². The largest absolute Gasteiger partial charge is 0.468 e. The number of ether oxygens (including phenoxy) is 1. The zero-order valence-electron chi connectivity index (χ0n) is 8.78. The molecule has 5 heteroatoms. The van der Waals surface area contributed by atoms with Crippen molar-refractivity contribution in [2.45, 2.75) is 6.92 Å². The topological polar surface area (TPSA) is 26.3 Å². The van der Waals surface area contributed by atoms with Crippen molar-refractivity contribution in [1.82, 2.24) is 0 Å². The number of thioether (sulfide) groups is 3. The van der Waals surface area contributed by atoms with Gasteiger partial charge >= 0.3 is 5.97 Å². The highest BCUT2D eigenvalue weighted by Gasteiger charge is 1.98. The van der Waals surface area contributed by atoms with E-state index in [-0.39, 0.29) is 5.97 Å². The van der Waals surface area contributed by atoms with Crippen molar-refractivity contribution in [3.8, 4) is 0 Å². The molecule has 0 bridgehead atoms. The molecule has 84 valence electrons. The van der Waals surface area contributed by atoms with Gasteiger partial charge in [-0.25, -0.2) is 0 Å². The molecule has 0 aliphatic rings. The summed E-state index contributed by atoms with van der Waals surface area (Å²) in [4.78, 5) is 10.7. The van der Waals surface area contributed by atoms with Crippen molar-refractivity contribution in [3.05, 3.63) is 0 Å². The van der Waals surface area contributed by atoms with E-state index in [2.05, 4.69) is 11.7 Å². The van der Waals surface area contributed by atoms with Gasteiger partial charge in [0, 0.05) is 23.0 Å². The van der Waals surface area contributed by atoms with Crippen LogP contribution in [0, 0.1) is 0 Å². The van der Waals surface area contributed by atoms with Crippen molar-refractivity contribution in [2.24, 2.45) is 0 Å². The van der Waals surface area contributed by atoms with Gasteiger partial charge in [0.1, 0.15) is 0 Å². The quantitative estimate of drug-likeness (QED) is 0.465. The van der Waals surface area contributed by atoms with E-state index in [9.17, 15) is 4.79 Å². The van der Waals surface area contributed by atoms with E-state index >= 15 is 0 Å². The molecule has 0 aliphatic carbocycles. The van der Waals surface area contributed by atoms with Gasteiger partial charge in [0.2, 0.25) is 0 Å². The maximum absolute atomic E-state index is 10.7. The zero-order chi connectivity index (χ0) is 10.6. The second-order valence-corrected chi connectivity index (χ2v) is 6.16. The van der Waals surface area contributed by atoms with Crippen LogP contribution in [0.4, 0.5) is 0 Å². The van der Waals surface area contributed by atoms with Gasteiger partial charge in [-0.2, -0.15) is 23.5 Å². The first kappa shape index (κ1) is 14.5. The third kappa shape index (κ3) is 10.6. The van der Waals surface area contributed by atoms with E-state index in [0.717, 1.165) is 11.5 Å². The lowest BCUT2D eigenvalue weighted by molar-refractivity contribution is -0.137. The van der Waals surface area contributed by atoms with Gasteiger partial charge in [0.05, 0.1) is 12.9 Å². The lowest BCUT2D eigenvalue weighted by atomic mass is 10.8. The molecule has 0 atom stereocenters. The molecule has 0 aromatic rings. The molecular formula is C9H18O2S3. The van der Waals surface area contributed by atoms with E-state index in [4.69, 9.17) is 0 Å². The van der Waals surface area contributed by atoms with Crippen LogP contribution in [0.15, 0.2) is 0 Å². The van der Waals surface area contributed by atoms with Crippen molar-refractivity contribution in [1.29, 1.82) is 0 Å². The van der Waals surface area contributed by atoms with Crippen molar-refractivity contribution in [3.63, 3.8) is 0 Å². The first-order valence-corrected chi connectivity index (χ1v) is 8.07. The molecule has 0 saturated heterocycles. The molecule has 0 aliphatic heterocycles. The van der Waals surface area contributed by atoms with Crippen LogP contribution in [-0.4, -0.2) is 47.6 Å². The summed E-state index contributed by atoms with van der Waals surface area (Å²) in [6, 6.07) is 0. The maximum atomic E-state index is 10.7. The van der Waals surface area contributed by atoms with Crippen LogP contribution in [0.3, 0.4) is 0 Å². The van der Waals surface area contributed by atoms with E-state index < -0.39 is 0 Å². The number of methoxy groups -OCH3 is 1. The van der Waals surface area contributed by atoms with Gasteiger partial charge in [-0.3, -0.25) is 4.79 Å². The first-order valence-electron chi connectivity index (χ1n) is 4.61. The Morgan fingerprint density at radius 3 is 2.21 bits per heavy atom. The Morgan fingerprint density at radius 2 is 1.64 bits per heavy atom. The summed E-state index contributed by atoms with van der Waals surface area (Å²) in [5.74, 6) is 6.20. The van der Waals surface area contributed by atoms with Crippen LogP contribution in [-0.2, 0) is 9.53 Å². The van der Waals surface area contributed by atoms with E-state index in [1.807, 2.05) is 23.5 Å². The Labute approximate surface area is 99.3 Å². The maximum Gasteiger partial charge on any atom is 0.315 e. The normalized spacial score (nSPS) is 10.1. The zero-order valence-corrected chi connectivity index (χ0v) is 11.2. The fourth-order valence-corrected chi connectivity index (χ4v) is 3.50. The van der Waals surface area contributed by atoms with E-state index in [0.29, 0.717) is 5.75 Å². The van der Waals surface area contributed by atoms with Gasteiger partial charge in [0.25, 0.3) is 0 Å². The highest BCUT2D eigenvalue weighted by Crippen LogP contribution is 2.09. The van der Waals surface area contributed by atoms with E-state index in [1.165, 1.54) is 24.4 Å². The lowest BCUT2D eigenvalue weighted by Gasteiger charge is -2.01. The molecule has 14 heavy (non-hydrogen) atoms. The van der Waals surface area contributed by atoms with Crippen molar-refractivity contribution >= 4 is 41.3 Å². The molecule has 0 amide bonds. The van der Waals surface area contributed by atoms with Crippen LogP contribution < -0.4 is 0 Å². The molecule has 0 unspecified atom stereocenters.